The molecule has 12 heavy (non-hydrogen) atoms. The first-order valence-electron chi connectivity index (χ1n) is 4.26. The van der Waals surface area contributed by atoms with Gasteiger partial charge in [0.25, 0.3) is 0 Å². The Kier molecular flexibility index (Phi) is 3.80. The van der Waals surface area contributed by atoms with Gasteiger partial charge in [0.05, 0.1) is 6.61 Å². The number of carbonyl (C=O) groups is 1. The molecule has 0 radical (unpaired) electrons. The van der Waals surface area contributed by atoms with Crippen LogP contribution in [-0.2, 0) is 9.53 Å². The molecule has 68 valence electrons. The largest absolute Gasteiger partial charge is 0.478 e. The molecule has 0 saturated heterocycles. The lowest BCUT2D eigenvalue weighted by Gasteiger charge is -1.97. The molecule has 0 aliphatic heterocycles. The molecule has 3 heteroatoms. The van der Waals surface area contributed by atoms with Crippen molar-refractivity contribution in [1.29, 1.82) is 0 Å². The fraction of sp³-hybridized carbons (Fsp3) is 0.667. The number of aliphatic carboxylic acids is 1. The third-order valence-corrected chi connectivity index (χ3v) is 1.84. The van der Waals surface area contributed by atoms with Gasteiger partial charge < -0.3 is 9.84 Å². The molecule has 0 bridgehead atoms. The topological polar surface area (TPSA) is 46.5 Å². The highest BCUT2D eigenvalue weighted by molar-refractivity contribution is 5.79. The number of hydrogen-bond donors (Lipinski definition) is 1. The van der Waals surface area contributed by atoms with E-state index < -0.39 is 5.97 Å². The molecule has 0 aromatic rings. The third kappa shape index (κ3) is 4.91. The van der Waals surface area contributed by atoms with Gasteiger partial charge in [-0.15, -0.1) is 0 Å². The van der Waals surface area contributed by atoms with Crippen molar-refractivity contribution in [3.05, 3.63) is 12.2 Å². The van der Waals surface area contributed by atoms with Crippen LogP contribution in [0.1, 0.15) is 19.3 Å². The Bertz CT molecular complexity index is 171. The van der Waals surface area contributed by atoms with Gasteiger partial charge in [0.15, 0.2) is 0 Å². The summed E-state index contributed by atoms with van der Waals surface area (Å²) in [5.74, 6) is -0.0331. The summed E-state index contributed by atoms with van der Waals surface area (Å²) >= 11 is 0. The van der Waals surface area contributed by atoms with E-state index in [1.165, 1.54) is 18.9 Å². The molecule has 1 rings (SSSR count). The standard InChI is InChI=1S/C9H14O3/c10-9(11)2-1-6-12-7-5-8-3-4-8/h1-2,8H,3-7H2,(H,10,11)/b2-1+. The highest BCUT2D eigenvalue weighted by atomic mass is 16.5. The number of rotatable bonds is 6. The monoisotopic (exact) mass is 170 g/mol. The van der Waals surface area contributed by atoms with Crippen LogP contribution in [0.25, 0.3) is 0 Å². The summed E-state index contributed by atoms with van der Waals surface area (Å²) in [6.07, 6.45) is 6.44. The van der Waals surface area contributed by atoms with Gasteiger partial charge in [-0.3, -0.25) is 0 Å². The molecule has 0 aromatic carbocycles. The zero-order chi connectivity index (χ0) is 8.81. The minimum Gasteiger partial charge on any atom is -0.478 e. The Morgan fingerprint density at radius 3 is 2.92 bits per heavy atom. The molecule has 1 saturated carbocycles. The molecule has 0 heterocycles. The van der Waals surface area contributed by atoms with Crippen LogP contribution in [0.5, 0.6) is 0 Å². The van der Waals surface area contributed by atoms with E-state index in [1.54, 1.807) is 0 Å². The van der Waals surface area contributed by atoms with Gasteiger partial charge in [-0.1, -0.05) is 18.9 Å². The fourth-order valence-corrected chi connectivity index (χ4v) is 0.957. The van der Waals surface area contributed by atoms with Crippen LogP contribution in [0.4, 0.5) is 0 Å². The van der Waals surface area contributed by atoms with E-state index in [2.05, 4.69) is 0 Å². The predicted molar refractivity (Wildman–Crippen MR) is 44.9 cm³/mol. The highest BCUT2D eigenvalue weighted by Crippen LogP contribution is 2.31. The molecule has 0 unspecified atom stereocenters. The smallest absolute Gasteiger partial charge is 0.328 e. The summed E-state index contributed by atoms with van der Waals surface area (Å²) in [7, 11) is 0. The number of carboxylic acids is 1. The molecule has 3 nitrogen and oxygen atoms in total. The van der Waals surface area contributed by atoms with E-state index >= 15 is 0 Å². The lowest BCUT2D eigenvalue weighted by Crippen LogP contribution is -1.96. The lowest BCUT2D eigenvalue weighted by atomic mass is 10.3. The summed E-state index contributed by atoms with van der Waals surface area (Å²) in [4.78, 5) is 10.0. The van der Waals surface area contributed by atoms with E-state index in [0.29, 0.717) is 6.61 Å². The second-order valence-corrected chi connectivity index (χ2v) is 3.05. The summed E-state index contributed by atoms with van der Waals surface area (Å²) < 4.78 is 5.18. The third-order valence-electron chi connectivity index (χ3n) is 1.84. The van der Waals surface area contributed by atoms with Crippen LogP contribution in [0.15, 0.2) is 12.2 Å². The van der Waals surface area contributed by atoms with Crippen molar-refractivity contribution in [1.82, 2.24) is 0 Å². The first kappa shape index (κ1) is 9.26. The molecule has 0 spiro atoms. The Hall–Kier alpha value is -0.830. The summed E-state index contributed by atoms with van der Waals surface area (Å²) in [5.41, 5.74) is 0. The first-order valence-corrected chi connectivity index (χ1v) is 4.26. The van der Waals surface area contributed by atoms with E-state index in [4.69, 9.17) is 9.84 Å². The Morgan fingerprint density at radius 1 is 1.58 bits per heavy atom. The SMILES string of the molecule is O=C(O)/C=C/COCCC1CC1. The number of hydrogen-bond acceptors (Lipinski definition) is 2. The van der Waals surface area contributed by atoms with Crippen LogP contribution in [-0.4, -0.2) is 24.3 Å². The van der Waals surface area contributed by atoms with Crippen molar-refractivity contribution in [3.63, 3.8) is 0 Å². The molecule has 1 fully saturated rings. The van der Waals surface area contributed by atoms with E-state index in [1.807, 2.05) is 0 Å². The first-order chi connectivity index (χ1) is 5.79. The second-order valence-electron chi connectivity index (χ2n) is 3.05. The molecule has 1 N–H and O–H groups in total. The quantitative estimate of drug-likeness (QED) is 0.484. The van der Waals surface area contributed by atoms with Crippen molar-refractivity contribution in [2.24, 2.45) is 5.92 Å². The summed E-state index contributed by atoms with van der Waals surface area (Å²) in [6, 6.07) is 0. The summed E-state index contributed by atoms with van der Waals surface area (Å²) in [6.45, 7) is 1.17. The van der Waals surface area contributed by atoms with Gasteiger partial charge in [-0.05, 0) is 12.3 Å². The molecule has 0 atom stereocenters. The zero-order valence-corrected chi connectivity index (χ0v) is 7.03. The Labute approximate surface area is 72.0 Å². The minimum atomic E-state index is -0.916. The number of carboxylic acid groups (broad SMARTS) is 1. The molecular weight excluding hydrogens is 156 g/mol. The average Bonchev–Trinajstić information content (AvgIpc) is 2.79. The minimum absolute atomic E-state index is 0.416. The molecule has 1 aliphatic carbocycles. The van der Waals surface area contributed by atoms with E-state index in [9.17, 15) is 4.79 Å². The molecule has 0 amide bonds. The predicted octanol–water partition coefficient (Wildman–Crippen LogP) is 1.44. The Morgan fingerprint density at radius 2 is 2.33 bits per heavy atom. The van der Waals surface area contributed by atoms with Crippen LogP contribution >= 0.6 is 0 Å². The van der Waals surface area contributed by atoms with Gasteiger partial charge in [0.1, 0.15) is 0 Å². The normalized spacial score (nSPS) is 17.0. The lowest BCUT2D eigenvalue weighted by molar-refractivity contribution is -0.131. The van der Waals surface area contributed by atoms with Crippen molar-refractivity contribution in [2.75, 3.05) is 13.2 Å². The average molecular weight is 170 g/mol. The Balaban J connectivity index is 1.84. The molecule has 1 aliphatic rings. The fourth-order valence-electron chi connectivity index (χ4n) is 0.957. The van der Waals surface area contributed by atoms with Crippen molar-refractivity contribution < 1.29 is 14.6 Å². The van der Waals surface area contributed by atoms with Crippen LogP contribution in [0, 0.1) is 5.92 Å². The van der Waals surface area contributed by atoms with E-state index in [-0.39, 0.29) is 0 Å². The molecule has 0 aromatic heterocycles. The van der Waals surface area contributed by atoms with Gasteiger partial charge in [0, 0.05) is 12.7 Å². The van der Waals surface area contributed by atoms with Crippen LogP contribution in [0.2, 0.25) is 0 Å². The van der Waals surface area contributed by atoms with Crippen LogP contribution < -0.4 is 0 Å². The number of ether oxygens (including phenoxy) is 1. The maximum atomic E-state index is 10.0. The van der Waals surface area contributed by atoms with Gasteiger partial charge >= 0.3 is 5.97 Å². The van der Waals surface area contributed by atoms with Gasteiger partial charge in [-0.25, -0.2) is 4.79 Å². The van der Waals surface area contributed by atoms with Gasteiger partial charge in [0.2, 0.25) is 0 Å². The molecular formula is C9H14O3. The van der Waals surface area contributed by atoms with Crippen molar-refractivity contribution in [2.45, 2.75) is 19.3 Å². The second kappa shape index (κ2) is 4.93. The maximum absolute atomic E-state index is 10.0. The van der Waals surface area contributed by atoms with Crippen molar-refractivity contribution >= 4 is 5.97 Å². The zero-order valence-electron chi connectivity index (χ0n) is 7.03. The maximum Gasteiger partial charge on any atom is 0.328 e. The summed E-state index contributed by atoms with van der Waals surface area (Å²) in [5, 5.41) is 8.23. The van der Waals surface area contributed by atoms with Crippen molar-refractivity contribution in [3.8, 4) is 0 Å². The van der Waals surface area contributed by atoms with Gasteiger partial charge in [-0.2, -0.15) is 0 Å². The highest BCUT2D eigenvalue weighted by Gasteiger charge is 2.20. The van der Waals surface area contributed by atoms with E-state index in [0.717, 1.165) is 25.0 Å². The van der Waals surface area contributed by atoms with Crippen LogP contribution in [0.3, 0.4) is 0 Å².